The fourth-order valence-corrected chi connectivity index (χ4v) is 4.35. The van der Waals surface area contributed by atoms with Crippen LogP contribution in [0.15, 0.2) is 30.3 Å². The Morgan fingerprint density at radius 1 is 1.23 bits per heavy atom. The number of aliphatic carboxylic acids is 1. The number of aryl methyl sites for hydroxylation is 2. The third-order valence-electron chi connectivity index (χ3n) is 5.91. The van der Waals surface area contributed by atoms with E-state index in [-0.39, 0.29) is 0 Å². The third-order valence-corrected chi connectivity index (χ3v) is 5.91. The van der Waals surface area contributed by atoms with Crippen LogP contribution in [0.1, 0.15) is 68.4 Å². The molecule has 0 spiro atoms. The van der Waals surface area contributed by atoms with Crippen molar-refractivity contribution in [2.45, 2.75) is 71.5 Å². The minimum Gasteiger partial charge on any atom is -0.493 e. The first-order chi connectivity index (χ1) is 14.2. The average molecular weight is 409 g/mol. The van der Waals surface area contributed by atoms with Crippen molar-refractivity contribution >= 4 is 5.97 Å². The molecule has 1 N–H and O–H groups in total. The van der Waals surface area contributed by atoms with Crippen molar-refractivity contribution in [2.24, 2.45) is 5.92 Å². The Bertz CT molecular complexity index is 950. The molecule has 4 nitrogen and oxygen atoms in total. The van der Waals surface area contributed by atoms with Gasteiger partial charge in [-0.15, -0.1) is 0 Å². The molecule has 4 rings (SSSR count). The van der Waals surface area contributed by atoms with Gasteiger partial charge in [0.25, 0.3) is 0 Å². The van der Waals surface area contributed by atoms with Gasteiger partial charge in [0.2, 0.25) is 0 Å². The summed E-state index contributed by atoms with van der Waals surface area (Å²) in [6.45, 7) is 8.46. The van der Waals surface area contributed by atoms with Crippen LogP contribution in [0, 0.1) is 12.8 Å². The lowest BCUT2D eigenvalue weighted by atomic mass is 9.85. The van der Waals surface area contributed by atoms with Crippen molar-refractivity contribution in [1.29, 1.82) is 0 Å². The Kier molecular flexibility index (Phi) is 5.63. The maximum Gasteiger partial charge on any atom is 0.337 e. The topological polar surface area (TPSA) is 55.8 Å². The van der Waals surface area contributed by atoms with Gasteiger partial charge < -0.3 is 14.6 Å². The van der Waals surface area contributed by atoms with E-state index in [9.17, 15) is 9.90 Å². The Hall–Kier alpha value is -2.33. The molecule has 30 heavy (non-hydrogen) atoms. The largest absolute Gasteiger partial charge is 0.493 e. The van der Waals surface area contributed by atoms with Crippen molar-refractivity contribution in [3.8, 4) is 16.9 Å². The van der Waals surface area contributed by atoms with Crippen LogP contribution in [0.4, 0.5) is 0 Å². The van der Waals surface area contributed by atoms with Gasteiger partial charge >= 0.3 is 5.97 Å². The number of hydrogen-bond acceptors (Lipinski definition) is 3. The summed E-state index contributed by atoms with van der Waals surface area (Å²) in [6.07, 6.45) is 4.48. The van der Waals surface area contributed by atoms with Crippen LogP contribution in [-0.4, -0.2) is 23.3 Å². The molecule has 2 aromatic carbocycles. The molecule has 160 valence electrons. The molecule has 0 saturated heterocycles. The molecule has 4 heteroatoms. The molecule has 1 atom stereocenters. The number of hydrogen-bond donors (Lipinski definition) is 1. The Balaban J connectivity index is 1.90. The summed E-state index contributed by atoms with van der Waals surface area (Å²) >= 11 is 0. The summed E-state index contributed by atoms with van der Waals surface area (Å²) in [5, 5.41) is 10.1. The standard InChI is InChI=1S/C26H32O4/c1-16-7-10-19(14-17-8-9-17)23(22(16)24(25(27)28)30-26(2,3)4)20-11-12-21-18(15-20)6-5-13-29-21/h7,10-12,15,17,24H,5-6,8-9,13-14H2,1-4H3,(H,27,28). The maximum absolute atomic E-state index is 12.3. The number of carbonyl (C=O) groups is 1. The minimum atomic E-state index is -1.01. The van der Waals surface area contributed by atoms with Crippen LogP contribution in [0.2, 0.25) is 0 Å². The SMILES string of the molecule is Cc1ccc(CC2CC2)c(-c2ccc3c(c2)CCCO3)c1C(OC(C)(C)C)C(=O)O. The lowest BCUT2D eigenvalue weighted by molar-refractivity contribution is -0.160. The highest BCUT2D eigenvalue weighted by molar-refractivity contribution is 5.83. The van der Waals surface area contributed by atoms with E-state index in [1.165, 1.54) is 24.0 Å². The second-order valence-corrected chi connectivity index (χ2v) is 9.70. The van der Waals surface area contributed by atoms with E-state index < -0.39 is 17.7 Å². The van der Waals surface area contributed by atoms with Crippen LogP contribution in [0.3, 0.4) is 0 Å². The fraction of sp³-hybridized carbons (Fsp3) is 0.500. The first kappa shape index (κ1) is 20.9. The molecule has 2 aromatic rings. The van der Waals surface area contributed by atoms with Crippen LogP contribution < -0.4 is 4.74 Å². The Labute approximate surface area is 179 Å². The monoisotopic (exact) mass is 408 g/mol. The van der Waals surface area contributed by atoms with Crippen LogP contribution in [0.5, 0.6) is 5.75 Å². The highest BCUT2D eigenvalue weighted by Crippen LogP contribution is 2.42. The third kappa shape index (κ3) is 4.54. The van der Waals surface area contributed by atoms with Gasteiger partial charge in [0.05, 0.1) is 12.2 Å². The molecule has 1 unspecified atom stereocenters. The normalized spacial score (nSPS) is 17.2. The van der Waals surface area contributed by atoms with Gasteiger partial charge in [-0.05, 0) is 106 Å². The number of fused-ring (bicyclic) bond motifs is 1. The number of rotatable bonds is 6. The van der Waals surface area contributed by atoms with Gasteiger partial charge in [-0.2, -0.15) is 0 Å². The van der Waals surface area contributed by atoms with Gasteiger partial charge in [-0.3, -0.25) is 0 Å². The Morgan fingerprint density at radius 3 is 2.67 bits per heavy atom. The summed E-state index contributed by atoms with van der Waals surface area (Å²) in [5.74, 6) is 0.704. The van der Waals surface area contributed by atoms with Crippen molar-refractivity contribution in [3.63, 3.8) is 0 Å². The highest BCUT2D eigenvalue weighted by Gasteiger charge is 2.33. The minimum absolute atomic E-state index is 0.567. The summed E-state index contributed by atoms with van der Waals surface area (Å²) in [7, 11) is 0. The predicted octanol–water partition coefficient (Wildman–Crippen LogP) is 5.88. The first-order valence-corrected chi connectivity index (χ1v) is 11.0. The molecule has 0 aromatic heterocycles. The second-order valence-electron chi connectivity index (χ2n) is 9.70. The average Bonchev–Trinajstić information content (AvgIpc) is 3.50. The molecular formula is C26H32O4. The van der Waals surface area contributed by atoms with Gasteiger partial charge in [0.1, 0.15) is 5.75 Å². The molecule has 1 aliphatic heterocycles. The van der Waals surface area contributed by atoms with E-state index in [2.05, 4.69) is 24.3 Å². The number of ether oxygens (including phenoxy) is 2. The lowest BCUT2D eigenvalue weighted by Crippen LogP contribution is -2.28. The van der Waals surface area contributed by atoms with Gasteiger partial charge in [-0.1, -0.05) is 18.2 Å². The van der Waals surface area contributed by atoms with Gasteiger partial charge in [0, 0.05) is 5.56 Å². The molecule has 0 amide bonds. The van der Waals surface area contributed by atoms with Crippen molar-refractivity contribution in [2.75, 3.05) is 6.61 Å². The number of carboxylic acid groups (broad SMARTS) is 1. The molecule has 1 aliphatic carbocycles. The summed E-state index contributed by atoms with van der Waals surface area (Å²) in [6, 6.07) is 10.5. The van der Waals surface area contributed by atoms with Gasteiger partial charge in [0.15, 0.2) is 6.10 Å². The van der Waals surface area contributed by atoms with E-state index in [1.807, 2.05) is 33.8 Å². The predicted molar refractivity (Wildman–Crippen MR) is 118 cm³/mol. The zero-order chi connectivity index (χ0) is 21.5. The molecule has 1 heterocycles. The quantitative estimate of drug-likeness (QED) is 0.648. The molecule has 2 aliphatic rings. The van der Waals surface area contributed by atoms with E-state index >= 15 is 0 Å². The molecule has 1 saturated carbocycles. The zero-order valence-corrected chi connectivity index (χ0v) is 18.5. The van der Waals surface area contributed by atoms with Crippen molar-refractivity contribution in [3.05, 3.63) is 52.6 Å². The first-order valence-electron chi connectivity index (χ1n) is 11.0. The number of carboxylic acids is 1. The lowest BCUT2D eigenvalue weighted by Gasteiger charge is -2.29. The van der Waals surface area contributed by atoms with E-state index in [0.717, 1.165) is 53.9 Å². The number of benzene rings is 2. The van der Waals surface area contributed by atoms with Crippen LogP contribution in [0.25, 0.3) is 11.1 Å². The highest BCUT2D eigenvalue weighted by atomic mass is 16.5. The second kappa shape index (κ2) is 8.07. The molecule has 0 bridgehead atoms. The van der Waals surface area contributed by atoms with Crippen molar-refractivity contribution < 1.29 is 19.4 Å². The van der Waals surface area contributed by atoms with Crippen molar-refractivity contribution in [1.82, 2.24) is 0 Å². The summed E-state index contributed by atoms with van der Waals surface area (Å²) in [5.41, 5.74) is 5.70. The van der Waals surface area contributed by atoms with Crippen LogP contribution in [-0.2, 0) is 22.4 Å². The van der Waals surface area contributed by atoms with Gasteiger partial charge in [-0.25, -0.2) is 4.79 Å². The van der Waals surface area contributed by atoms with Crippen LogP contribution >= 0.6 is 0 Å². The van der Waals surface area contributed by atoms with E-state index in [4.69, 9.17) is 9.47 Å². The maximum atomic E-state index is 12.3. The fourth-order valence-electron chi connectivity index (χ4n) is 4.35. The Morgan fingerprint density at radius 2 is 2.00 bits per heavy atom. The summed E-state index contributed by atoms with van der Waals surface area (Å²) < 4.78 is 11.9. The molecule has 0 radical (unpaired) electrons. The van der Waals surface area contributed by atoms with E-state index in [1.54, 1.807) is 0 Å². The van der Waals surface area contributed by atoms with E-state index in [0.29, 0.717) is 5.92 Å². The zero-order valence-electron chi connectivity index (χ0n) is 18.5. The molecule has 1 fully saturated rings. The smallest absolute Gasteiger partial charge is 0.337 e. The summed E-state index contributed by atoms with van der Waals surface area (Å²) in [4.78, 5) is 12.3. The molecular weight excluding hydrogens is 376 g/mol.